The number of rotatable bonds is 5. The van der Waals surface area contributed by atoms with Crippen LogP contribution in [0.1, 0.15) is 36.9 Å². The summed E-state index contributed by atoms with van der Waals surface area (Å²) in [5.41, 5.74) is 2.84. The Morgan fingerprint density at radius 1 is 1.03 bits per heavy atom. The third-order valence-corrected chi connectivity index (χ3v) is 5.04. The van der Waals surface area contributed by atoms with E-state index in [9.17, 15) is 14.9 Å². The number of nitro groups is 1. The Morgan fingerprint density at radius 3 is 2.28 bits per heavy atom. The van der Waals surface area contributed by atoms with Crippen LogP contribution in [-0.4, -0.2) is 21.2 Å². The summed E-state index contributed by atoms with van der Waals surface area (Å²) in [6.07, 6.45) is 0.479. The average Bonchev–Trinajstić information content (AvgIpc) is 3.08. The first-order chi connectivity index (χ1) is 13.7. The molecule has 2 aromatic carbocycles. The fourth-order valence-corrected chi connectivity index (χ4v) is 3.37. The number of nitro benzene ring substituents is 1. The number of nitrogens with one attached hydrogen (secondary N) is 2. The van der Waals surface area contributed by atoms with Gasteiger partial charge in [-0.3, -0.25) is 15.4 Å². The molecule has 150 valence electrons. The summed E-state index contributed by atoms with van der Waals surface area (Å²) in [5.74, 6) is 0. The lowest BCUT2D eigenvalue weighted by atomic mass is 9.87. The number of hydrogen-bond donors (Lipinski definition) is 2. The van der Waals surface area contributed by atoms with E-state index in [1.54, 1.807) is 12.1 Å². The largest absolute Gasteiger partial charge is 0.325 e. The van der Waals surface area contributed by atoms with Gasteiger partial charge in [-0.2, -0.15) is 0 Å². The van der Waals surface area contributed by atoms with E-state index in [-0.39, 0.29) is 11.1 Å². The molecule has 0 aliphatic heterocycles. The highest BCUT2D eigenvalue weighted by Crippen LogP contribution is 2.24. The van der Waals surface area contributed by atoms with Crippen LogP contribution < -0.4 is 10.6 Å². The number of aromatic nitrogens is 2. The number of anilines is 2. The van der Waals surface area contributed by atoms with Gasteiger partial charge in [0.15, 0.2) is 0 Å². The molecule has 0 fully saturated rings. The van der Waals surface area contributed by atoms with Gasteiger partial charge in [0.1, 0.15) is 5.01 Å². The number of carbonyl (C=O) groups is 1. The van der Waals surface area contributed by atoms with Gasteiger partial charge in [-0.1, -0.05) is 56.4 Å². The van der Waals surface area contributed by atoms with Crippen molar-refractivity contribution in [3.8, 4) is 0 Å². The maximum absolute atomic E-state index is 12.2. The predicted molar refractivity (Wildman–Crippen MR) is 114 cm³/mol. The number of carbonyl (C=O) groups excluding carboxylic acids is 1. The van der Waals surface area contributed by atoms with Crippen LogP contribution in [0.5, 0.6) is 0 Å². The summed E-state index contributed by atoms with van der Waals surface area (Å²) in [5, 5.41) is 25.3. The van der Waals surface area contributed by atoms with Crippen molar-refractivity contribution >= 4 is 33.9 Å². The van der Waals surface area contributed by atoms with Crippen LogP contribution >= 0.6 is 11.3 Å². The fraction of sp³-hybridized carbons (Fsp3) is 0.250. The zero-order chi connectivity index (χ0) is 21.0. The second-order valence-electron chi connectivity index (χ2n) is 7.51. The van der Waals surface area contributed by atoms with Crippen molar-refractivity contribution in [1.29, 1.82) is 0 Å². The molecule has 0 atom stereocenters. The molecule has 0 saturated heterocycles. The molecule has 0 unspecified atom stereocenters. The minimum atomic E-state index is -0.438. The number of non-ortho nitro benzene ring substituents is 1. The molecule has 0 bridgehead atoms. The fourth-order valence-electron chi connectivity index (χ4n) is 2.60. The highest BCUT2D eigenvalue weighted by Gasteiger charge is 2.14. The first-order valence-corrected chi connectivity index (χ1v) is 9.76. The maximum atomic E-state index is 12.2. The third-order valence-electron chi connectivity index (χ3n) is 4.20. The molecule has 9 heteroatoms. The van der Waals surface area contributed by atoms with Gasteiger partial charge >= 0.3 is 6.03 Å². The molecular formula is C20H21N5O3S. The molecule has 3 aromatic rings. The molecule has 0 aliphatic carbocycles. The van der Waals surface area contributed by atoms with E-state index >= 15 is 0 Å². The SMILES string of the molecule is CC(C)(C)c1ccc(NC(=O)Nc2nnc(Cc3ccc([N+](=O)[O-])cc3)s2)cc1. The van der Waals surface area contributed by atoms with Gasteiger partial charge in [-0.05, 0) is 28.7 Å². The monoisotopic (exact) mass is 411 g/mol. The molecule has 29 heavy (non-hydrogen) atoms. The van der Waals surface area contributed by atoms with E-state index in [0.29, 0.717) is 22.2 Å². The Balaban J connectivity index is 1.56. The van der Waals surface area contributed by atoms with Crippen LogP contribution in [-0.2, 0) is 11.8 Å². The maximum Gasteiger partial charge on any atom is 0.325 e. The number of nitrogens with zero attached hydrogens (tertiary/aromatic N) is 3. The topological polar surface area (TPSA) is 110 Å². The van der Waals surface area contributed by atoms with Crippen molar-refractivity contribution in [2.45, 2.75) is 32.6 Å². The molecular weight excluding hydrogens is 390 g/mol. The van der Waals surface area contributed by atoms with Gasteiger partial charge in [0.2, 0.25) is 5.13 Å². The van der Waals surface area contributed by atoms with E-state index in [4.69, 9.17) is 0 Å². The number of amides is 2. The van der Waals surface area contributed by atoms with Crippen molar-refractivity contribution in [3.05, 3.63) is 74.8 Å². The Morgan fingerprint density at radius 2 is 1.69 bits per heavy atom. The predicted octanol–water partition coefficient (Wildman–Crippen LogP) is 4.98. The minimum absolute atomic E-state index is 0.0422. The first-order valence-electron chi connectivity index (χ1n) is 8.95. The number of hydrogen-bond acceptors (Lipinski definition) is 6. The Hall–Kier alpha value is -3.33. The minimum Gasteiger partial charge on any atom is -0.308 e. The molecule has 1 heterocycles. The van der Waals surface area contributed by atoms with Crippen molar-refractivity contribution in [1.82, 2.24) is 10.2 Å². The molecule has 2 N–H and O–H groups in total. The first kappa shape index (κ1) is 20.4. The van der Waals surface area contributed by atoms with Gasteiger partial charge < -0.3 is 5.32 Å². The van der Waals surface area contributed by atoms with Gasteiger partial charge in [0, 0.05) is 24.2 Å². The molecule has 0 radical (unpaired) electrons. The third kappa shape index (κ3) is 5.58. The zero-order valence-electron chi connectivity index (χ0n) is 16.3. The molecule has 1 aromatic heterocycles. The average molecular weight is 411 g/mol. The zero-order valence-corrected chi connectivity index (χ0v) is 17.1. The Bertz CT molecular complexity index is 1010. The standard InChI is InChI=1S/C20H21N5O3S/c1-20(2,3)14-6-8-15(9-7-14)21-18(26)22-19-24-23-17(29-19)12-13-4-10-16(11-5-13)25(27)28/h4-11H,12H2,1-3H3,(H2,21,22,24,26). The summed E-state index contributed by atoms with van der Waals surface area (Å²) in [6, 6.07) is 13.6. The van der Waals surface area contributed by atoms with Gasteiger partial charge in [-0.25, -0.2) is 4.79 Å². The molecule has 8 nitrogen and oxygen atoms in total. The second kappa shape index (κ2) is 8.36. The molecule has 0 aliphatic rings. The highest BCUT2D eigenvalue weighted by molar-refractivity contribution is 7.15. The van der Waals surface area contributed by atoms with Crippen LogP contribution in [0.2, 0.25) is 0 Å². The summed E-state index contributed by atoms with van der Waals surface area (Å²) < 4.78 is 0. The molecule has 2 amide bonds. The summed E-state index contributed by atoms with van der Waals surface area (Å²) >= 11 is 1.25. The number of benzene rings is 2. The van der Waals surface area contributed by atoms with Crippen molar-refractivity contribution in [2.75, 3.05) is 10.6 Å². The summed E-state index contributed by atoms with van der Waals surface area (Å²) in [7, 11) is 0. The normalized spacial score (nSPS) is 11.1. The molecule has 0 spiro atoms. The number of urea groups is 1. The van der Waals surface area contributed by atoms with Crippen molar-refractivity contribution in [2.24, 2.45) is 0 Å². The summed E-state index contributed by atoms with van der Waals surface area (Å²) in [6.45, 7) is 6.39. The Labute approximate surface area is 172 Å². The Kier molecular flexibility index (Phi) is 5.88. The van der Waals surface area contributed by atoms with Crippen LogP contribution in [0, 0.1) is 10.1 Å². The van der Waals surface area contributed by atoms with E-state index in [0.717, 1.165) is 5.56 Å². The van der Waals surface area contributed by atoms with Crippen LogP contribution in [0.3, 0.4) is 0 Å². The molecule has 3 rings (SSSR count). The van der Waals surface area contributed by atoms with Crippen molar-refractivity contribution in [3.63, 3.8) is 0 Å². The van der Waals surface area contributed by atoms with E-state index < -0.39 is 11.0 Å². The lowest BCUT2D eigenvalue weighted by molar-refractivity contribution is -0.384. The van der Waals surface area contributed by atoms with Crippen molar-refractivity contribution < 1.29 is 9.72 Å². The quantitative estimate of drug-likeness (QED) is 0.454. The lowest BCUT2D eigenvalue weighted by Crippen LogP contribution is -2.19. The van der Waals surface area contributed by atoms with Crippen LogP contribution in [0.15, 0.2) is 48.5 Å². The summed E-state index contributed by atoms with van der Waals surface area (Å²) in [4.78, 5) is 22.5. The van der Waals surface area contributed by atoms with E-state index in [2.05, 4.69) is 41.6 Å². The molecule has 0 saturated carbocycles. The van der Waals surface area contributed by atoms with Crippen LogP contribution in [0.4, 0.5) is 21.3 Å². The van der Waals surface area contributed by atoms with Gasteiger partial charge in [0.25, 0.3) is 5.69 Å². The van der Waals surface area contributed by atoms with Gasteiger partial charge in [0.05, 0.1) is 4.92 Å². The lowest BCUT2D eigenvalue weighted by Gasteiger charge is -2.19. The van der Waals surface area contributed by atoms with E-state index in [1.807, 2.05) is 24.3 Å². The van der Waals surface area contributed by atoms with Gasteiger partial charge in [-0.15, -0.1) is 10.2 Å². The second-order valence-corrected chi connectivity index (χ2v) is 8.57. The van der Waals surface area contributed by atoms with Crippen LogP contribution in [0.25, 0.3) is 0 Å². The highest BCUT2D eigenvalue weighted by atomic mass is 32.1. The van der Waals surface area contributed by atoms with E-state index in [1.165, 1.54) is 29.0 Å². The smallest absolute Gasteiger partial charge is 0.308 e.